The highest BCUT2D eigenvalue weighted by Crippen LogP contribution is 2.16. The van der Waals surface area contributed by atoms with Gasteiger partial charge in [-0.15, -0.1) is 0 Å². The summed E-state index contributed by atoms with van der Waals surface area (Å²) in [5, 5.41) is 4.52. The SMILES string of the molecule is COc1cccc(/C=N\NC(=O)[C@@H](C)Oc2ccc(Cl)cc2)c1. The van der Waals surface area contributed by atoms with Crippen molar-refractivity contribution in [2.75, 3.05) is 7.11 Å². The minimum atomic E-state index is -0.682. The van der Waals surface area contributed by atoms with E-state index >= 15 is 0 Å². The molecule has 1 amide bonds. The van der Waals surface area contributed by atoms with Gasteiger partial charge in [-0.2, -0.15) is 5.10 Å². The third-order valence-electron chi connectivity index (χ3n) is 2.98. The summed E-state index contributed by atoms with van der Waals surface area (Å²) in [4.78, 5) is 11.9. The van der Waals surface area contributed by atoms with Crippen molar-refractivity contribution in [3.8, 4) is 11.5 Å². The Kier molecular flexibility index (Phi) is 6.00. The summed E-state index contributed by atoms with van der Waals surface area (Å²) in [5.74, 6) is 0.938. The number of carbonyl (C=O) groups excluding carboxylic acids is 1. The van der Waals surface area contributed by atoms with Crippen LogP contribution >= 0.6 is 11.6 Å². The molecule has 0 radical (unpaired) electrons. The minimum Gasteiger partial charge on any atom is -0.497 e. The average Bonchev–Trinajstić information content (AvgIpc) is 2.57. The van der Waals surface area contributed by atoms with Crippen molar-refractivity contribution >= 4 is 23.7 Å². The summed E-state index contributed by atoms with van der Waals surface area (Å²) in [5.41, 5.74) is 3.25. The van der Waals surface area contributed by atoms with Gasteiger partial charge >= 0.3 is 0 Å². The molecule has 0 spiro atoms. The summed E-state index contributed by atoms with van der Waals surface area (Å²) >= 11 is 5.80. The first-order valence-corrected chi connectivity index (χ1v) is 7.35. The Morgan fingerprint density at radius 1 is 1.22 bits per heavy atom. The van der Waals surface area contributed by atoms with Gasteiger partial charge in [-0.05, 0) is 48.9 Å². The van der Waals surface area contributed by atoms with Crippen LogP contribution in [0.5, 0.6) is 11.5 Å². The lowest BCUT2D eigenvalue weighted by atomic mass is 10.2. The molecule has 2 aromatic carbocycles. The Bertz CT molecular complexity index is 686. The molecule has 0 aliphatic heterocycles. The summed E-state index contributed by atoms with van der Waals surface area (Å²) < 4.78 is 10.6. The van der Waals surface area contributed by atoms with Crippen LogP contribution in [0.25, 0.3) is 0 Å². The Morgan fingerprint density at radius 3 is 2.65 bits per heavy atom. The van der Waals surface area contributed by atoms with Gasteiger partial charge in [0.2, 0.25) is 0 Å². The number of ether oxygens (including phenoxy) is 2. The molecule has 1 N–H and O–H groups in total. The van der Waals surface area contributed by atoms with E-state index in [0.29, 0.717) is 10.8 Å². The quantitative estimate of drug-likeness (QED) is 0.652. The Morgan fingerprint density at radius 2 is 1.96 bits per heavy atom. The van der Waals surface area contributed by atoms with Crippen LogP contribution in [0.3, 0.4) is 0 Å². The number of hydrogen-bond donors (Lipinski definition) is 1. The molecule has 0 saturated carbocycles. The highest BCUT2D eigenvalue weighted by Gasteiger charge is 2.13. The first kappa shape index (κ1) is 16.8. The zero-order valence-electron chi connectivity index (χ0n) is 12.8. The zero-order valence-corrected chi connectivity index (χ0v) is 13.6. The van der Waals surface area contributed by atoms with Gasteiger partial charge in [-0.1, -0.05) is 23.7 Å². The van der Waals surface area contributed by atoms with Crippen molar-refractivity contribution in [1.29, 1.82) is 0 Å². The van der Waals surface area contributed by atoms with Gasteiger partial charge in [0.1, 0.15) is 11.5 Å². The predicted molar refractivity (Wildman–Crippen MR) is 90.3 cm³/mol. The number of benzene rings is 2. The maximum atomic E-state index is 11.9. The summed E-state index contributed by atoms with van der Waals surface area (Å²) in [6.45, 7) is 1.64. The van der Waals surface area contributed by atoms with Gasteiger partial charge in [0, 0.05) is 5.02 Å². The molecule has 2 aromatic rings. The molecule has 23 heavy (non-hydrogen) atoms. The molecule has 1 atom stereocenters. The Hall–Kier alpha value is -2.53. The van der Waals surface area contributed by atoms with Crippen LogP contribution in [0, 0.1) is 0 Å². The van der Waals surface area contributed by atoms with E-state index in [2.05, 4.69) is 10.5 Å². The molecule has 2 rings (SSSR count). The van der Waals surface area contributed by atoms with E-state index in [1.165, 1.54) is 6.21 Å². The number of amides is 1. The monoisotopic (exact) mass is 332 g/mol. The van der Waals surface area contributed by atoms with Gasteiger partial charge in [0.05, 0.1) is 13.3 Å². The molecular formula is C17H17ClN2O3. The minimum absolute atomic E-state index is 0.348. The van der Waals surface area contributed by atoms with Crippen molar-refractivity contribution in [3.63, 3.8) is 0 Å². The first-order chi connectivity index (χ1) is 11.1. The number of rotatable bonds is 6. The second-order valence-corrected chi connectivity index (χ2v) is 5.16. The van der Waals surface area contributed by atoms with E-state index in [9.17, 15) is 4.79 Å². The van der Waals surface area contributed by atoms with E-state index < -0.39 is 6.10 Å². The van der Waals surface area contributed by atoms with E-state index in [1.54, 1.807) is 38.3 Å². The predicted octanol–water partition coefficient (Wildman–Crippen LogP) is 3.27. The topological polar surface area (TPSA) is 59.9 Å². The standard InChI is InChI=1S/C17H17ClN2O3/c1-12(23-15-8-6-14(18)7-9-15)17(21)20-19-11-13-4-3-5-16(10-13)22-2/h3-12H,1-2H3,(H,20,21)/b19-11-/t12-/m1/s1. The van der Waals surface area contributed by atoms with Crippen LogP contribution in [-0.4, -0.2) is 25.3 Å². The zero-order chi connectivity index (χ0) is 16.7. The van der Waals surface area contributed by atoms with E-state index in [1.807, 2.05) is 24.3 Å². The Balaban J connectivity index is 1.88. The van der Waals surface area contributed by atoms with E-state index in [0.717, 1.165) is 11.3 Å². The second-order valence-electron chi connectivity index (χ2n) is 4.72. The van der Waals surface area contributed by atoms with E-state index in [-0.39, 0.29) is 5.91 Å². The molecule has 0 saturated heterocycles. The average molecular weight is 333 g/mol. The number of carbonyl (C=O) groups is 1. The highest BCUT2D eigenvalue weighted by molar-refractivity contribution is 6.30. The molecule has 0 unspecified atom stereocenters. The molecule has 0 aromatic heterocycles. The van der Waals surface area contributed by atoms with Crippen LogP contribution in [0.2, 0.25) is 5.02 Å². The van der Waals surface area contributed by atoms with Crippen molar-refractivity contribution in [1.82, 2.24) is 5.43 Å². The largest absolute Gasteiger partial charge is 0.497 e. The molecule has 0 aliphatic carbocycles. The lowest BCUT2D eigenvalue weighted by Gasteiger charge is -2.12. The fraction of sp³-hybridized carbons (Fsp3) is 0.176. The maximum Gasteiger partial charge on any atom is 0.280 e. The highest BCUT2D eigenvalue weighted by atomic mass is 35.5. The van der Waals surface area contributed by atoms with Crippen molar-refractivity contribution in [3.05, 3.63) is 59.1 Å². The summed E-state index contributed by atoms with van der Waals surface area (Å²) in [6.07, 6.45) is 0.855. The lowest BCUT2D eigenvalue weighted by Crippen LogP contribution is -2.33. The van der Waals surface area contributed by atoms with Gasteiger partial charge < -0.3 is 9.47 Å². The number of halogens is 1. The molecular weight excluding hydrogens is 316 g/mol. The third-order valence-corrected chi connectivity index (χ3v) is 3.23. The number of hydrogen-bond acceptors (Lipinski definition) is 4. The first-order valence-electron chi connectivity index (χ1n) is 6.97. The van der Waals surface area contributed by atoms with Gasteiger partial charge in [0.15, 0.2) is 6.10 Å². The molecule has 0 bridgehead atoms. The van der Waals surface area contributed by atoms with Crippen LogP contribution in [0.4, 0.5) is 0 Å². The smallest absolute Gasteiger partial charge is 0.280 e. The molecule has 5 nitrogen and oxygen atoms in total. The number of methoxy groups -OCH3 is 1. The van der Waals surface area contributed by atoms with Crippen molar-refractivity contribution in [2.24, 2.45) is 5.10 Å². The molecule has 0 fully saturated rings. The van der Waals surface area contributed by atoms with Crippen LogP contribution in [0.1, 0.15) is 12.5 Å². The van der Waals surface area contributed by atoms with Crippen LogP contribution < -0.4 is 14.9 Å². The number of nitrogens with one attached hydrogen (secondary N) is 1. The summed E-state index contributed by atoms with van der Waals surface area (Å²) in [6, 6.07) is 14.1. The lowest BCUT2D eigenvalue weighted by molar-refractivity contribution is -0.127. The third kappa shape index (κ3) is 5.30. The normalized spacial score (nSPS) is 12.0. The number of hydrazone groups is 1. The maximum absolute atomic E-state index is 11.9. The van der Waals surface area contributed by atoms with Gasteiger partial charge in [-0.25, -0.2) is 5.43 Å². The number of nitrogens with zero attached hydrogens (tertiary/aromatic N) is 1. The Labute approximate surface area is 139 Å². The van der Waals surface area contributed by atoms with Gasteiger partial charge in [0.25, 0.3) is 5.91 Å². The fourth-order valence-electron chi connectivity index (χ4n) is 1.75. The van der Waals surface area contributed by atoms with Crippen LogP contribution in [-0.2, 0) is 4.79 Å². The van der Waals surface area contributed by atoms with Crippen molar-refractivity contribution in [2.45, 2.75) is 13.0 Å². The summed E-state index contributed by atoms with van der Waals surface area (Å²) in [7, 11) is 1.59. The molecule has 0 heterocycles. The molecule has 6 heteroatoms. The second kappa shape index (κ2) is 8.19. The molecule has 0 aliphatic rings. The van der Waals surface area contributed by atoms with Gasteiger partial charge in [-0.3, -0.25) is 4.79 Å². The van der Waals surface area contributed by atoms with Crippen molar-refractivity contribution < 1.29 is 14.3 Å². The van der Waals surface area contributed by atoms with Crippen LogP contribution in [0.15, 0.2) is 53.6 Å². The van der Waals surface area contributed by atoms with E-state index in [4.69, 9.17) is 21.1 Å². The fourth-order valence-corrected chi connectivity index (χ4v) is 1.88. The molecule has 120 valence electrons.